The van der Waals surface area contributed by atoms with Crippen molar-refractivity contribution in [3.63, 3.8) is 0 Å². The number of nitrogens with zero attached hydrogens (tertiary/aromatic N) is 1. The molecule has 2 aromatic rings. The van der Waals surface area contributed by atoms with E-state index in [0.717, 1.165) is 24.8 Å². The lowest BCUT2D eigenvalue weighted by atomic mass is 10.0. The highest BCUT2D eigenvalue weighted by molar-refractivity contribution is 7.12. The van der Waals surface area contributed by atoms with Gasteiger partial charge < -0.3 is 9.64 Å². The van der Waals surface area contributed by atoms with Crippen LogP contribution in [0.1, 0.15) is 47.4 Å². The van der Waals surface area contributed by atoms with Crippen LogP contribution >= 0.6 is 11.3 Å². The number of rotatable bonds is 8. The zero-order valence-electron chi connectivity index (χ0n) is 16.5. The first-order valence-corrected chi connectivity index (χ1v) is 11.0. The number of aryl methyl sites for hydroxylation is 1. The molecule has 2 aliphatic rings. The first kappa shape index (κ1) is 19.2. The fourth-order valence-electron chi connectivity index (χ4n) is 3.94. The molecule has 5 heteroatoms. The average molecular weight is 398 g/mol. The Labute approximate surface area is 170 Å². The summed E-state index contributed by atoms with van der Waals surface area (Å²) in [5.41, 5.74) is 1.06. The number of carbonyl (C=O) groups is 2. The predicted molar refractivity (Wildman–Crippen MR) is 110 cm³/mol. The van der Waals surface area contributed by atoms with Crippen molar-refractivity contribution in [2.24, 2.45) is 5.92 Å². The summed E-state index contributed by atoms with van der Waals surface area (Å²) in [6.45, 7) is 4.24. The normalized spacial score (nSPS) is 21.8. The molecule has 0 spiro atoms. The molecule has 0 N–H and O–H groups in total. The SMILES string of the molecule is CCOC(=O)C(Cc1ccccc1)N(C(=O)C1CC1c1ccc(C)s1)C1CC1. The molecule has 3 atom stereocenters. The molecule has 2 saturated carbocycles. The summed E-state index contributed by atoms with van der Waals surface area (Å²) in [5, 5.41) is 0. The second kappa shape index (κ2) is 8.08. The molecule has 0 bridgehead atoms. The van der Waals surface area contributed by atoms with Crippen molar-refractivity contribution in [3.8, 4) is 0 Å². The first-order chi connectivity index (χ1) is 13.6. The van der Waals surface area contributed by atoms with Gasteiger partial charge in [0.15, 0.2) is 0 Å². The fraction of sp³-hybridized carbons (Fsp3) is 0.478. The zero-order chi connectivity index (χ0) is 19.7. The molecule has 1 heterocycles. The molecule has 0 aliphatic heterocycles. The van der Waals surface area contributed by atoms with Gasteiger partial charge in [0.2, 0.25) is 5.91 Å². The van der Waals surface area contributed by atoms with Crippen molar-refractivity contribution in [1.29, 1.82) is 0 Å². The molecule has 0 saturated heterocycles. The molecular formula is C23H27NO3S. The number of benzene rings is 1. The van der Waals surface area contributed by atoms with Gasteiger partial charge in [0.25, 0.3) is 0 Å². The Hall–Kier alpha value is -2.14. The van der Waals surface area contributed by atoms with Crippen molar-refractivity contribution in [1.82, 2.24) is 4.90 Å². The van der Waals surface area contributed by atoms with Crippen LogP contribution < -0.4 is 0 Å². The highest BCUT2D eigenvalue weighted by Gasteiger charge is 2.51. The van der Waals surface area contributed by atoms with Gasteiger partial charge in [-0.3, -0.25) is 4.79 Å². The third-order valence-corrected chi connectivity index (χ3v) is 6.73. The number of amides is 1. The number of thiophene rings is 1. The van der Waals surface area contributed by atoms with Crippen LogP contribution in [0.2, 0.25) is 0 Å². The number of hydrogen-bond acceptors (Lipinski definition) is 4. The van der Waals surface area contributed by atoms with Gasteiger partial charge in [-0.2, -0.15) is 0 Å². The van der Waals surface area contributed by atoms with E-state index in [0.29, 0.717) is 18.9 Å². The highest BCUT2D eigenvalue weighted by atomic mass is 32.1. The van der Waals surface area contributed by atoms with Crippen molar-refractivity contribution in [2.75, 3.05) is 6.61 Å². The molecule has 1 aromatic heterocycles. The molecule has 1 aromatic carbocycles. The Kier molecular flexibility index (Phi) is 5.54. The number of hydrogen-bond donors (Lipinski definition) is 0. The zero-order valence-corrected chi connectivity index (χ0v) is 17.3. The quantitative estimate of drug-likeness (QED) is 0.623. The van der Waals surface area contributed by atoms with Crippen LogP contribution in [-0.4, -0.2) is 35.5 Å². The van der Waals surface area contributed by atoms with E-state index < -0.39 is 6.04 Å². The van der Waals surface area contributed by atoms with E-state index in [9.17, 15) is 9.59 Å². The van der Waals surface area contributed by atoms with Crippen molar-refractivity contribution in [2.45, 2.75) is 57.5 Å². The average Bonchev–Trinajstić information content (AvgIpc) is 3.61. The standard InChI is InChI=1S/C23H27NO3S/c1-3-27-23(26)20(13-16-7-5-4-6-8-16)24(17-10-11-17)22(25)19-14-18(19)21-12-9-15(2)28-21/h4-9,12,17-20H,3,10-11,13-14H2,1-2H3. The maximum absolute atomic E-state index is 13.4. The van der Waals surface area contributed by atoms with Crippen LogP contribution in [0.5, 0.6) is 0 Å². The molecule has 28 heavy (non-hydrogen) atoms. The van der Waals surface area contributed by atoms with Gasteiger partial charge in [-0.15, -0.1) is 11.3 Å². The molecule has 148 valence electrons. The van der Waals surface area contributed by atoms with Crippen molar-refractivity contribution >= 4 is 23.2 Å². The summed E-state index contributed by atoms with van der Waals surface area (Å²) in [6, 6.07) is 13.8. The number of ether oxygens (including phenoxy) is 1. The molecule has 2 fully saturated rings. The van der Waals surface area contributed by atoms with Gasteiger partial charge in [-0.25, -0.2) is 4.79 Å². The first-order valence-electron chi connectivity index (χ1n) is 10.2. The molecule has 3 unspecified atom stereocenters. The molecule has 4 nitrogen and oxygen atoms in total. The number of carbonyl (C=O) groups excluding carboxylic acids is 2. The van der Waals surface area contributed by atoms with E-state index in [2.05, 4.69) is 19.1 Å². The second-order valence-electron chi connectivity index (χ2n) is 7.83. The van der Waals surface area contributed by atoms with Crippen LogP contribution in [-0.2, 0) is 20.7 Å². The summed E-state index contributed by atoms with van der Waals surface area (Å²) in [6.07, 6.45) is 3.36. The summed E-state index contributed by atoms with van der Waals surface area (Å²) < 4.78 is 5.37. The minimum absolute atomic E-state index is 0.00588. The van der Waals surface area contributed by atoms with E-state index >= 15 is 0 Å². The molecule has 1 amide bonds. The maximum atomic E-state index is 13.4. The second-order valence-corrected chi connectivity index (χ2v) is 9.15. The van der Waals surface area contributed by atoms with Gasteiger partial charge >= 0.3 is 5.97 Å². The highest BCUT2D eigenvalue weighted by Crippen LogP contribution is 2.51. The Morgan fingerprint density at radius 2 is 1.93 bits per heavy atom. The summed E-state index contributed by atoms with van der Waals surface area (Å²) in [7, 11) is 0. The Bertz CT molecular complexity index is 843. The summed E-state index contributed by atoms with van der Waals surface area (Å²) >= 11 is 1.78. The lowest BCUT2D eigenvalue weighted by Crippen LogP contribution is -2.49. The summed E-state index contributed by atoms with van der Waals surface area (Å²) in [5.74, 6) is 0.168. The van der Waals surface area contributed by atoms with Crippen LogP contribution in [0.25, 0.3) is 0 Å². The Balaban J connectivity index is 1.55. The van der Waals surface area contributed by atoms with Crippen LogP contribution in [0.15, 0.2) is 42.5 Å². The molecular weight excluding hydrogens is 370 g/mol. The van der Waals surface area contributed by atoms with Gasteiger partial charge in [0.05, 0.1) is 6.61 Å². The van der Waals surface area contributed by atoms with E-state index in [1.165, 1.54) is 9.75 Å². The lowest BCUT2D eigenvalue weighted by molar-refractivity contribution is -0.156. The Morgan fingerprint density at radius 3 is 2.54 bits per heavy atom. The molecule has 2 aliphatic carbocycles. The maximum Gasteiger partial charge on any atom is 0.329 e. The molecule has 0 radical (unpaired) electrons. The van der Waals surface area contributed by atoms with Crippen LogP contribution in [0.3, 0.4) is 0 Å². The minimum atomic E-state index is -0.534. The smallest absolute Gasteiger partial charge is 0.329 e. The fourth-order valence-corrected chi connectivity index (χ4v) is 4.99. The minimum Gasteiger partial charge on any atom is -0.464 e. The predicted octanol–water partition coefficient (Wildman–Crippen LogP) is 4.33. The van der Waals surface area contributed by atoms with E-state index in [1.54, 1.807) is 11.3 Å². The van der Waals surface area contributed by atoms with Crippen molar-refractivity contribution < 1.29 is 14.3 Å². The number of esters is 1. The third kappa shape index (κ3) is 4.14. The van der Waals surface area contributed by atoms with Gasteiger partial charge in [0, 0.05) is 34.1 Å². The van der Waals surface area contributed by atoms with Crippen molar-refractivity contribution in [3.05, 3.63) is 57.8 Å². The monoisotopic (exact) mass is 397 g/mol. The summed E-state index contributed by atoms with van der Waals surface area (Å²) in [4.78, 5) is 30.7. The largest absolute Gasteiger partial charge is 0.464 e. The van der Waals surface area contributed by atoms with Gasteiger partial charge in [-0.05, 0) is 50.8 Å². The van der Waals surface area contributed by atoms with Crippen LogP contribution in [0, 0.1) is 12.8 Å². The van der Waals surface area contributed by atoms with E-state index in [-0.39, 0.29) is 23.8 Å². The topological polar surface area (TPSA) is 46.6 Å². The van der Waals surface area contributed by atoms with Crippen LogP contribution in [0.4, 0.5) is 0 Å². The Morgan fingerprint density at radius 1 is 1.18 bits per heavy atom. The van der Waals surface area contributed by atoms with Gasteiger partial charge in [0.1, 0.15) is 6.04 Å². The third-order valence-electron chi connectivity index (χ3n) is 5.60. The van der Waals surface area contributed by atoms with E-state index in [1.807, 2.05) is 42.2 Å². The van der Waals surface area contributed by atoms with Gasteiger partial charge in [-0.1, -0.05) is 30.3 Å². The molecule has 4 rings (SSSR count). The lowest BCUT2D eigenvalue weighted by Gasteiger charge is -2.31. The van der Waals surface area contributed by atoms with E-state index in [4.69, 9.17) is 4.74 Å².